The van der Waals surface area contributed by atoms with Crippen molar-refractivity contribution < 1.29 is 23.9 Å². The monoisotopic (exact) mass is 536 g/mol. The first kappa shape index (κ1) is 25.4. The number of nitrogens with zero attached hydrogens (tertiary/aromatic N) is 3. The van der Waals surface area contributed by atoms with Gasteiger partial charge in [-0.05, 0) is 53.4 Å². The number of nitrogens with one attached hydrogen (secondary N) is 1. The summed E-state index contributed by atoms with van der Waals surface area (Å²) in [6.07, 6.45) is 2.36. The molecule has 0 saturated carbocycles. The van der Waals surface area contributed by atoms with Crippen molar-refractivity contribution in [1.82, 2.24) is 20.0 Å². The van der Waals surface area contributed by atoms with Gasteiger partial charge in [-0.3, -0.25) is 24.4 Å². The van der Waals surface area contributed by atoms with Gasteiger partial charge in [0, 0.05) is 36.7 Å². The van der Waals surface area contributed by atoms with Crippen LogP contribution in [0.1, 0.15) is 34.3 Å². The number of fused-ring (bicyclic) bond motifs is 1. The molecule has 4 aromatic rings. The molecule has 3 amide bonds. The van der Waals surface area contributed by atoms with Crippen LogP contribution in [0, 0.1) is 0 Å². The lowest BCUT2D eigenvalue weighted by molar-refractivity contribution is -0.136. The predicted octanol–water partition coefficient (Wildman–Crippen LogP) is 4.10. The van der Waals surface area contributed by atoms with E-state index < -0.39 is 11.9 Å². The average molecular weight is 537 g/mol. The number of ether oxygens (including phenoxy) is 2. The highest BCUT2D eigenvalue weighted by atomic mass is 16.5. The molecule has 1 unspecified atom stereocenters. The number of amides is 3. The van der Waals surface area contributed by atoms with E-state index in [2.05, 4.69) is 10.4 Å². The molecule has 1 fully saturated rings. The number of aryl methyl sites for hydroxylation is 1. The van der Waals surface area contributed by atoms with Crippen LogP contribution >= 0.6 is 0 Å². The Morgan fingerprint density at radius 2 is 1.75 bits per heavy atom. The lowest BCUT2D eigenvalue weighted by atomic mass is 9.98. The number of methoxy groups -OCH3 is 1. The van der Waals surface area contributed by atoms with Crippen LogP contribution < -0.4 is 14.8 Å². The minimum Gasteiger partial charge on any atom is -0.493 e. The van der Waals surface area contributed by atoms with Gasteiger partial charge >= 0.3 is 0 Å². The molecule has 2 aliphatic rings. The molecule has 0 aliphatic carbocycles. The Bertz CT molecular complexity index is 1630. The molecule has 9 nitrogen and oxygen atoms in total. The van der Waals surface area contributed by atoms with Gasteiger partial charge in [-0.15, -0.1) is 0 Å². The second-order valence-corrected chi connectivity index (χ2v) is 9.94. The van der Waals surface area contributed by atoms with E-state index >= 15 is 0 Å². The van der Waals surface area contributed by atoms with Crippen LogP contribution in [0.25, 0.3) is 22.4 Å². The molecule has 0 spiro atoms. The van der Waals surface area contributed by atoms with Gasteiger partial charge in [-0.2, -0.15) is 5.10 Å². The zero-order chi connectivity index (χ0) is 27.8. The molecule has 1 saturated heterocycles. The number of imide groups is 1. The molecule has 0 radical (unpaired) electrons. The number of benzene rings is 3. The van der Waals surface area contributed by atoms with Crippen molar-refractivity contribution in [3.63, 3.8) is 0 Å². The Hall–Kier alpha value is -4.92. The van der Waals surface area contributed by atoms with E-state index in [-0.39, 0.29) is 18.2 Å². The average Bonchev–Trinajstić information content (AvgIpc) is 3.51. The largest absolute Gasteiger partial charge is 0.493 e. The van der Waals surface area contributed by atoms with E-state index in [0.717, 1.165) is 33.5 Å². The smallest absolute Gasteiger partial charge is 0.255 e. The Morgan fingerprint density at radius 1 is 0.950 bits per heavy atom. The zero-order valence-electron chi connectivity index (χ0n) is 22.2. The van der Waals surface area contributed by atoms with Crippen LogP contribution in [-0.4, -0.2) is 45.6 Å². The van der Waals surface area contributed by atoms with Gasteiger partial charge in [-0.25, -0.2) is 0 Å². The van der Waals surface area contributed by atoms with Crippen molar-refractivity contribution in [3.8, 4) is 33.9 Å². The maximum absolute atomic E-state index is 13.1. The topological polar surface area (TPSA) is 103 Å². The van der Waals surface area contributed by atoms with E-state index in [9.17, 15) is 14.4 Å². The Morgan fingerprint density at radius 3 is 2.52 bits per heavy atom. The summed E-state index contributed by atoms with van der Waals surface area (Å²) < 4.78 is 13.5. The van der Waals surface area contributed by atoms with Gasteiger partial charge in [0.2, 0.25) is 11.8 Å². The predicted molar refractivity (Wildman–Crippen MR) is 147 cm³/mol. The van der Waals surface area contributed by atoms with Gasteiger partial charge in [0.05, 0.1) is 19.0 Å². The summed E-state index contributed by atoms with van der Waals surface area (Å²) >= 11 is 0. The molecule has 0 bridgehead atoms. The van der Waals surface area contributed by atoms with E-state index in [1.54, 1.807) is 24.3 Å². The number of piperidine rings is 1. The van der Waals surface area contributed by atoms with E-state index in [0.29, 0.717) is 36.6 Å². The van der Waals surface area contributed by atoms with Gasteiger partial charge < -0.3 is 14.4 Å². The third-order valence-electron chi connectivity index (χ3n) is 7.45. The first-order chi connectivity index (χ1) is 19.4. The van der Waals surface area contributed by atoms with Gasteiger partial charge in [0.15, 0.2) is 11.5 Å². The van der Waals surface area contributed by atoms with E-state index in [1.165, 1.54) is 0 Å². The maximum atomic E-state index is 13.1. The quantitative estimate of drug-likeness (QED) is 0.357. The fraction of sp³-hybridized carbons (Fsp3) is 0.226. The van der Waals surface area contributed by atoms with Crippen molar-refractivity contribution >= 4 is 17.7 Å². The molecule has 1 N–H and O–H groups in total. The lowest BCUT2D eigenvalue weighted by Gasteiger charge is -2.29. The Kier molecular flexibility index (Phi) is 6.55. The number of carbonyl (C=O) groups excluding carboxylic acids is 3. The number of hydrogen-bond donors (Lipinski definition) is 1. The molecule has 3 aromatic carbocycles. The van der Waals surface area contributed by atoms with Crippen molar-refractivity contribution in [1.29, 1.82) is 0 Å². The summed E-state index contributed by atoms with van der Waals surface area (Å²) in [5, 5.41) is 6.88. The summed E-state index contributed by atoms with van der Waals surface area (Å²) in [6, 6.07) is 20.8. The second-order valence-electron chi connectivity index (χ2n) is 9.94. The van der Waals surface area contributed by atoms with E-state index in [4.69, 9.17) is 9.47 Å². The number of aromatic nitrogens is 2. The summed E-state index contributed by atoms with van der Waals surface area (Å²) in [7, 11) is 3.50. The number of carbonyl (C=O) groups is 3. The van der Waals surface area contributed by atoms with Crippen LogP contribution in [-0.2, 0) is 29.8 Å². The van der Waals surface area contributed by atoms with Crippen LogP contribution in [0.5, 0.6) is 11.5 Å². The molecule has 1 atom stereocenters. The molecule has 202 valence electrons. The van der Waals surface area contributed by atoms with Crippen LogP contribution in [0.3, 0.4) is 0 Å². The maximum Gasteiger partial charge on any atom is 0.255 e. The van der Waals surface area contributed by atoms with Crippen molar-refractivity contribution in [2.75, 3.05) is 7.11 Å². The molecule has 1 aromatic heterocycles. The van der Waals surface area contributed by atoms with E-state index in [1.807, 2.05) is 72.4 Å². The van der Waals surface area contributed by atoms with Crippen molar-refractivity contribution in [3.05, 3.63) is 89.6 Å². The lowest BCUT2D eigenvalue weighted by Crippen LogP contribution is -2.52. The molecular formula is C31H28N4O5. The zero-order valence-corrected chi connectivity index (χ0v) is 22.2. The molecule has 6 rings (SSSR count). The standard InChI is InChI=1S/C31H28N4O5/c1-34-29(21-9-12-26(39-2)27(15-21)40-18-19-6-4-3-5-7-19)24(16-32-34)20-8-10-23-22(14-20)17-35(31(23)38)25-11-13-28(36)33-30(25)37/h3-10,12,14-16,25H,11,13,17-18H2,1-2H3,(H,33,36,37). The minimum absolute atomic E-state index is 0.196. The Labute approximate surface area is 231 Å². The number of hydrogen-bond acceptors (Lipinski definition) is 6. The highest BCUT2D eigenvalue weighted by molar-refractivity contribution is 6.05. The fourth-order valence-corrected chi connectivity index (χ4v) is 5.41. The summed E-state index contributed by atoms with van der Waals surface area (Å²) in [5.41, 5.74) is 6.05. The second kappa shape index (κ2) is 10.3. The summed E-state index contributed by atoms with van der Waals surface area (Å²) in [4.78, 5) is 38.7. The first-order valence-electron chi connectivity index (χ1n) is 13.1. The minimum atomic E-state index is -0.649. The highest BCUT2D eigenvalue weighted by Crippen LogP contribution is 2.39. The third-order valence-corrected chi connectivity index (χ3v) is 7.45. The third kappa shape index (κ3) is 4.59. The summed E-state index contributed by atoms with van der Waals surface area (Å²) in [5.74, 6) is 0.335. The number of rotatable bonds is 7. The summed E-state index contributed by atoms with van der Waals surface area (Å²) in [6.45, 7) is 0.714. The van der Waals surface area contributed by atoms with Gasteiger partial charge in [0.1, 0.15) is 12.6 Å². The highest BCUT2D eigenvalue weighted by Gasteiger charge is 2.39. The molecular weight excluding hydrogens is 508 g/mol. The van der Waals surface area contributed by atoms with Crippen LogP contribution in [0.2, 0.25) is 0 Å². The van der Waals surface area contributed by atoms with Crippen LogP contribution in [0.15, 0.2) is 72.9 Å². The molecule has 9 heteroatoms. The SMILES string of the molecule is COc1ccc(-c2c(-c3ccc4c(c3)CN(C3CCC(=O)NC3=O)C4=O)cnn2C)cc1OCc1ccccc1. The van der Waals surface area contributed by atoms with Crippen molar-refractivity contribution in [2.24, 2.45) is 7.05 Å². The molecule has 3 heterocycles. The van der Waals surface area contributed by atoms with Crippen molar-refractivity contribution in [2.45, 2.75) is 32.0 Å². The fourth-order valence-electron chi connectivity index (χ4n) is 5.41. The normalized spacial score (nSPS) is 16.6. The Balaban J connectivity index is 1.30. The molecule has 40 heavy (non-hydrogen) atoms. The molecule has 2 aliphatic heterocycles. The van der Waals surface area contributed by atoms with Gasteiger partial charge in [-0.1, -0.05) is 36.4 Å². The first-order valence-corrected chi connectivity index (χ1v) is 13.1. The van der Waals surface area contributed by atoms with Crippen LogP contribution in [0.4, 0.5) is 0 Å². The van der Waals surface area contributed by atoms with Gasteiger partial charge in [0.25, 0.3) is 5.91 Å².